The Morgan fingerprint density at radius 3 is 2.47 bits per heavy atom. The summed E-state index contributed by atoms with van der Waals surface area (Å²) in [6.07, 6.45) is 3.11. The van der Waals surface area contributed by atoms with Crippen LogP contribution < -0.4 is 15.1 Å². The van der Waals surface area contributed by atoms with Crippen molar-refractivity contribution in [3.8, 4) is 5.75 Å². The molecule has 2 aromatic heterocycles. The Morgan fingerprint density at radius 2 is 1.73 bits per heavy atom. The summed E-state index contributed by atoms with van der Waals surface area (Å²) in [5.74, 6) is 0.484. The second-order valence-corrected chi connectivity index (χ2v) is 6.80. The maximum atomic E-state index is 13.4. The van der Waals surface area contributed by atoms with Crippen molar-refractivity contribution in [2.75, 3.05) is 11.5 Å². The van der Waals surface area contributed by atoms with E-state index in [2.05, 4.69) is 9.97 Å². The second kappa shape index (κ2) is 7.11. The van der Waals surface area contributed by atoms with Gasteiger partial charge in [0.15, 0.2) is 5.43 Å². The summed E-state index contributed by atoms with van der Waals surface area (Å²) < 4.78 is 11.4. The van der Waals surface area contributed by atoms with Crippen LogP contribution in [0.25, 0.3) is 11.0 Å². The molecule has 4 aromatic rings. The molecule has 3 heterocycles. The molecule has 7 heteroatoms. The van der Waals surface area contributed by atoms with E-state index in [0.717, 1.165) is 5.56 Å². The van der Waals surface area contributed by atoms with Gasteiger partial charge in [-0.3, -0.25) is 14.5 Å². The van der Waals surface area contributed by atoms with Gasteiger partial charge in [-0.05, 0) is 42.8 Å². The smallest absolute Gasteiger partial charge is 0.297 e. The molecule has 7 nitrogen and oxygen atoms in total. The van der Waals surface area contributed by atoms with E-state index in [-0.39, 0.29) is 22.7 Å². The van der Waals surface area contributed by atoms with Gasteiger partial charge in [-0.2, -0.15) is 0 Å². The lowest BCUT2D eigenvalue weighted by molar-refractivity contribution is 0.0969. The maximum absolute atomic E-state index is 13.4. The number of benzene rings is 2. The Kier molecular flexibility index (Phi) is 4.28. The van der Waals surface area contributed by atoms with Gasteiger partial charge in [0, 0.05) is 12.4 Å². The molecule has 0 radical (unpaired) electrons. The van der Waals surface area contributed by atoms with E-state index in [9.17, 15) is 9.59 Å². The fraction of sp³-hybridized carbons (Fsp3) is 0.130. The summed E-state index contributed by atoms with van der Waals surface area (Å²) in [7, 11) is 0. The van der Waals surface area contributed by atoms with Crippen LogP contribution in [-0.2, 0) is 0 Å². The predicted octanol–water partition coefficient (Wildman–Crippen LogP) is 3.73. The minimum Gasteiger partial charge on any atom is -0.494 e. The van der Waals surface area contributed by atoms with E-state index in [0.29, 0.717) is 23.3 Å². The second-order valence-electron chi connectivity index (χ2n) is 6.80. The van der Waals surface area contributed by atoms with E-state index in [1.807, 2.05) is 31.2 Å². The number of hydrogen-bond acceptors (Lipinski definition) is 6. The Morgan fingerprint density at radius 1 is 1.00 bits per heavy atom. The number of fused-ring (bicyclic) bond motifs is 2. The van der Waals surface area contributed by atoms with Gasteiger partial charge in [-0.15, -0.1) is 0 Å². The molecule has 0 aliphatic carbocycles. The molecule has 0 saturated carbocycles. The molecule has 2 aromatic carbocycles. The molecule has 5 rings (SSSR count). The van der Waals surface area contributed by atoms with Crippen molar-refractivity contribution in [3.63, 3.8) is 0 Å². The number of anilines is 1. The summed E-state index contributed by atoms with van der Waals surface area (Å²) in [4.78, 5) is 36.6. The van der Waals surface area contributed by atoms with E-state index in [4.69, 9.17) is 9.15 Å². The molecule has 0 bridgehead atoms. The third kappa shape index (κ3) is 2.75. The highest BCUT2D eigenvalue weighted by molar-refractivity contribution is 6.09. The number of carbonyl (C=O) groups is 1. The highest BCUT2D eigenvalue weighted by Crippen LogP contribution is 2.40. The molecule has 1 aliphatic rings. The van der Waals surface area contributed by atoms with Gasteiger partial charge < -0.3 is 9.15 Å². The summed E-state index contributed by atoms with van der Waals surface area (Å²) in [6, 6.07) is 15.2. The molecule has 1 atom stereocenters. The van der Waals surface area contributed by atoms with Crippen LogP contribution in [0.15, 0.2) is 76.2 Å². The number of nitrogens with zero attached hydrogens (tertiary/aromatic N) is 3. The first-order valence-corrected chi connectivity index (χ1v) is 9.58. The van der Waals surface area contributed by atoms with Crippen LogP contribution in [0.3, 0.4) is 0 Å². The predicted molar refractivity (Wildman–Crippen MR) is 111 cm³/mol. The van der Waals surface area contributed by atoms with Gasteiger partial charge in [-0.1, -0.05) is 24.3 Å². The normalized spacial score (nSPS) is 15.4. The molecule has 0 spiro atoms. The zero-order valence-electron chi connectivity index (χ0n) is 16.1. The standard InChI is InChI=1S/C23H17N3O4/c1-2-29-15-10-8-14(9-11-15)19-18-20(27)16-6-3-4-7-17(16)30-21(18)22(28)26(19)23-24-12-5-13-25-23/h3-13,19H,2H2,1H3. The van der Waals surface area contributed by atoms with Gasteiger partial charge >= 0.3 is 0 Å². The molecule has 148 valence electrons. The Labute approximate surface area is 171 Å². The molecule has 1 aliphatic heterocycles. The number of ether oxygens (including phenoxy) is 1. The van der Waals surface area contributed by atoms with Crippen molar-refractivity contribution in [1.82, 2.24) is 9.97 Å². The maximum Gasteiger partial charge on any atom is 0.297 e. The van der Waals surface area contributed by atoms with Crippen molar-refractivity contribution in [2.45, 2.75) is 13.0 Å². The summed E-state index contributed by atoms with van der Waals surface area (Å²) >= 11 is 0. The van der Waals surface area contributed by atoms with E-state index in [1.54, 1.807) is 42.7 Å². The third-order valence-electron chi connectivity index (χ3n) is 5.05. The third-order valence-corrected chi connectivity index (χ3v) is 5.05. The van der Waals surface area contributed by atoms with Crippen LogP contribution in [0.2, 0.25) is 0 Å². The van der Waals surface area contributed by atoms with Crippen LogP contribution >= 0.6 is 0 Å². The Balaban J connectivity index is 1.76. The molecular formula is C23H17N3O4. The molecule has 0 fully saturated rings. The lowest BCUT2D eigenvalue weighted by atomic mass is 9.98. The fourth-order valence-electron chi connectivity index (χ4n) is 3.77. The number of aromatic nitrogens is 2. The van der Waals surface area contributed by atoms with Crippen molar-refractivity contribution < 1.29 is 13.9 Å². The quantitative estimate of drug-likeness (QED) is 0.520. The van der Waals surface area contributed by atoms with E-state index >= 15 is 0 Å². The SMILES string of the molecule is CCOc1ccc(C2c3c(oc4ccccc4c3=O)C(=O)N2c2ncccn2)cc1. The molecular weight excluding hydrogens is 382 g/mol. The van der Waals surface area contributed by atoms with Crippen molar-refractivity contribution in [3.05, 3.63) is 94.1 Å². The Hall–Kier alpha value is -4.00. The number of para-hydroxylation sites is 1. The van der Waals surface area contributed by atoms with Crippen molar-refractivity contribution in [2.24, 2.45) is 0 Å². The summed E-state index contributed by atoms with van der Waals surface area (Å²) in [6.45, 7) is 2.45. The molecule has 30 heavy (non-hydrogen) atoms. The lowest BCUT2D eigenvalue weighted by Gasteiger charge is -2.23. The van der Waals surface area contributed by atoms with Gasteiger partial charge in [-0.25, -0.2) is 9.97 Å². The largest absolute Gasteiger partial charge is 0.494 e. The monoisotopic (exact) mass is 399 g/mol. The topological polar surface area (TPSA) is 85.5 Å². The molecule has 1 unspecified atom stereocenters. The van der Waals surface area contributed by atoms with Gasteiger partial charge in [0.05, 0.1) is 23.6 Å². The zero-order valence-corrected chi connectivity index (χ0v) is 16.1. The molecule has 0 saturated heterocycles. The first kappa shape index (κ1) is 18.1. The number of rotatable bonds is 4. The van der Waals surface area contributed by atoms with Crippen LogP contribution in [0.4, 0.5) is 5.95 Å². The van der Waals surface area contributed by atoms with E-state index in [1.165, 1.54) is 4.90 Å². The lowest BCUT2D eigenvalue weighted by Crippen LogP contribution is -2.31. The van der Waals surface area contributed by atoms with Crippen molar-refractivity contribution >= 4 is 22.8 Å². The van der Waals surface area contributed by atoms with Crippen LogP contribution in [-0.4, -0.2) is 22.5 Å². The fourth-order valence-corrected chi connectivity index (χ4v) is 3.77. The van der Waals surface area contributed by atoms with Crippen LogP contribution in [0.1, 0.15) is 34.6 Å². The highest BCUT2D eigenvalue weighted by Gasteiger charge is 2.44. The number of carbonyl (C=O) groups excluding carboxylic acids is 1. The summed E-state index contributed by atoms with van der Waals surface area (Å²) in [5.41, 5.74) is 1.16. The van der Waals surface area contributed by atoms with Crippen LogP contribution in [0, 0.1) is 0 Å². The van der Waals surface area contributed by atoms with E-state index < -0.39 is 11.9 Å². The highest BCUT2D eigenvalue weighted by atomic mass is 16.5. The first-order valence-electron chi connectivity index (χ1n) is 9.58. The summed E-state index contributed by atoms with van der Waals surface area (Å²) in [5, 5.41) is 0.427. The first-order chi connectivity index (χ1) is 14.7. The molecule has 0 N–H and O–H groups in total. The van der Waals surface area contributed by atoms with Crippen molar-refractivity contribution in [1.29, 1.82) is 0 Å². The van der Waals surface area contributed by atoms with Gasteiger partial charge in [0.25, 0.3) is 5.91 Å². The average Bonchev–Trinajstić information content (AvgIpc) is 3.08. The zero-order chi connectivity index (χ0) is 20.7. The average molecular weight is 399 g/mol. The minimum atomic E-state index is -0.702. The number of hydrogen-bond donors (Lipinski definition) is 0. The number of amides is 1. The van der Waals surface area contributed by atoms with Crippen LogP contribution in [0.5, 0.6) is 5.75 Å². The molecule has 1 amide bonds. The van der Waals surface area contributed by atoms with Gasteiger partial charge in [0.1, 0.15) is 11.3 Å². The Bertz CT molecular complexity index is 1300. The van der Waals surface area contributed by atoms with Gasteiger partial charge in [0.2, 0.25) is 11.7 Å². The minimum absolute atomic E-state index is 0.0186.